The largest absolute Gasteiger partial charge is 0.497 e. The summed E-state index contributed by atoms with van der Waals surface area (Å²) in [5, 5.41) is 0. The highest BCUT2D eigenvalue weighted by Gasteiger charge is 2.46. The maximum atomic E-state index is 13.5. The fourth-order valence-corrected chi connectivity index (χ4v) is 4.45. The van der Waals surface area contributed by atoms with E-state index in [0.717, 1.165) is 31.2 Å². The molecule has 3 atom stereocenters. The Balaban J connectivity index is 0.00000131. The molecule has 0 N–H and O–H groups in total. The standard InChI is InChI=1S/C20H24FN3O.2ClH/c1-13-18(21)8-9-19(22-13)24-11-15-10-23(2)20(17(15)12-24)14-4-6-16(25-3)7-5-14;;/h4-9,15,17,20H,10-12H2,1-3H3;2*1H/t15-,17+,20+;;/m0../s1. The van der Waals surface area contributed by atoms with Crippen LogP contribution in [0.25, 0.3) is 0 Å². The number of aromatic nitrogens is 1. The molecule has 1 aromatic heterocycles. The zero-order valence-corrected chi connectivity index (χ0v) is 17.4. The highest BCUT2D eigenvalue weighted by Crippen LogP contribution is 2.45. The fourth-order valence-electron chi connectivity index (χ4n) is 4.45. The molecule has 0 spiro atoms. The lowest BCUT2D eigenvalue weighted by atomic mass is 9.89. The molecule has 0 radical (unpaired) electrons. The number of aryl methyl sites for hydroxylation is 1. The molecule has 4 rings (SSSR count). The molecule has 7 heteroatoms. The molecule has 148 valence electrons. The number of benzene rings is 1. The first-order valence-electron chi connectivity index (χ1n) is 8.79. The molecule has 3 heterocycles. The van der Waals surface area contributed by atoms with Crippen LogP contribution in [-0.4, -0.2) is 43.7 Å². The average Bonchev–Trinajstić information content (AvgIpc) is 3.14. The van der Waals surface area contributed by atoms with Gasteiger partial charge >= 0.3 is 0 Å². The van der Waals surface area contributed by atoms with Crippen molar-refractivity contribution in [2.45, 2.75) is 13.0 Å². The minimum absolute atomic E-state index is 0. The molecule has 0 amide bonds. The highest BCUT2D eigenvalue weighted by atomic mass is 35.5. The van der Waals surface area contributed by atoms with Gasteiger partial charge in [0.1, 0.15) is 17.4 Å². The number of likely N-dealkylation sites (tertiary alicyclic amines) is 1. The van der Waals surface area contributed by atoms with Crippen molar-refractivity contribution in [3.63, 3.8) is 0 Å². The molecule has 1 aromatic carbocycles. The first kappa shape index (κ1) is 21.7. The molecule has 2 aromatic rings. The van der Waals surface area contributed by atoms with Crippen LogP contribution in [0.15, 0.2) is 36.4 Å². The number of anilines is 1. The van der Waals surface area contributed by atoms with Crippen LogP contribution in [0, 0.1) is 24.6 Å². The Morgan fingerprint density at radius 3 is 2.37 bits per heavy atom. The van der Waals surface area contributed by atoms with Crippen LogP contribution < -0.4 is 9.64 Å². The van der Waals surface area contributed by atoms with Crippen molar-refractivity contribution in [2.24, 2.45) is 11.8 Å². The Hall–Kier alpha value is -1.56. The molecule has 4 nitrogen and oxygen atoms in total. The minimum atomic E-state index is -0.237. The van der Waals surface area contributed by atoms with E-state index in [1.54, 1.807) is 20.1 Å². The van der Waals surface area contributed by atoms with E-state index in [-0.39, 0.29) is 30.6 Å². The Kier molecular flexibility index (Phi) is 6.95. The van der Waals surface area contributed by atoms with Crippen molar-refractivity contribution in [3.8, 4) is 5.75 Å². The molecular weight excluding hydrogens is 388 g/mol. The lowest BCUT2D eigenvalue weighted by Gasteiger charge is -2.27. The summed E-state index contributed by atoms with van der Waals surface area (Å²) in [6, 6.07) is 12.1. The zero-order chi connectivity index (χ0) is 17.6. The molecule has 2 aliphatic heterocycles. The summed E-state index contributed by atoms with van der Waals surface area (Å²) in [5.41, 5.74) is 1.80. The molecule has 0 aliphatic carbocycles. The van der Waals surface area contributed by atoms with Crippen LogP contribution in [0.5, 0.6) is 5.75 Å². The molecule has 27 heavy (non-hydrogen) atoms. The maximum Gasteiger partial charge on any atom is 0.144 e. The van der Waals surface area contributed by atoms with E-state index in [9.17, 15) is 4.39 Å². The van der Waals surface area contributed by atoms with Crippen LogP contribution in [0.2, 0.25) is 0 Å². The van der Waals surface area contributed by atoms with Gasteiger partial charge in [-0.05, 0) is 49.7 Å². The number of halogens is 3. The van der Waals surface area contributed by atoms with Gasteiger partial charge in [0.2, 0.25) is 0 Å². The van der Waals surface area contributed by atoms with Crippen molar-refractivity contribution in [2.75, 3.05) is 38.7 Å². The average molecular weight is 414 g/mol. The summed E-state index contributed by atoms with van der Waals surface area (Å²) in [6.45, 7) is 4.76. The van der Waals surface area contributed by atoms with Crippen LogP contribution in [-0.2, 0) is 0 Å². The second-order valence-electron chi connectivity index (χ2n) is 7.22. The summed E-state index contributed by atoms with van der Waals surface area (Å²) in [6.07, 6.45) is 0. The third kappa shape index (κ3) is 4.00. The van der Waals surface area contributed by atoms with Crippen molar-refractivity contribution < 1.29 is 9.13 Å². The number of ether oxygens (including phenoxy) is 1. The van der Waals surface area contributed by atoms with Gasteiger partial charge in [0.15, 0.2) is 0 Å². The van der Waals surface area contributed by atoms with Gasteiger partial charge in [-0.2, -0.15) is 0 Å². The lowest BCUT2D eigenvalue weighted by Crippen LogP contribution is -2.29. The third-order valence-corrected chi connectivity index (χ3v) is 5.68. The molecule has 0 unspecified atom stereocenters. The zero-order valence-electron chi connectivity index (χ0n) is 15.8. The highest BCUT2D eigenvalue weighted by molar-refractivity contribution is 5.85. The topological polar surface area (TPSA) is 28.6 Å². The van der Waals surface area contributed by atoms with Gasteiger partial charge in [0, 0.05) is 31.6 Å². The quantitative estimate of drug-likeness (QED) is 0.756. The van der Waals surface area contributed by atoms with Gasteiger partial charge in [-0.1, -0.05) is 12.1 Å². The van der Waals surface area contributed by atoms with Gasteiger partial charge in [0.25, 0.3) is 0 Å². The van der Waals surface area contributed by atoms with E-state index in [2.05, 4.69) is 34.0 Å². The minimum Gasteiger partial charge on any atom is -0.497 e. The number of rotatable bonds is 3. The van der Waals surface area contributed by atoms with Crippen LogP contribution in [0.4, 0.5) is 10.2 Å². The molecule has 2 fully saturated rings. The van der Waals surface area contributed by atoms with Crippen LogP contribution in [0.1, 0.15) is 17.3 Å². The predicted octanol–water partition coefficient (Wildman–Crippen LogP) is 4.12. The van der Waals surface area contributed by atoms with Gasteiger partial charge in [0.05, 0.1) is 12.8 Å². The number of methoxy groups -OCH3 is 1. The SMILES string of the molecule is COc1ccc([C@@H]2[C@@H]3CN(c4ccc(F)c(C)n4)C[C@@H]3CN2C)cc1.Cl.Cl. The predicted molar refractivity (Wildman–Crippen MR) is 111 cm³/mol. The van der Waals surface area contributed by atoms with Gasteiger partial charge in [-0.15, -0.1) is 24.8 Å². The summed E-state index contributed by atoms with van der Waals surface area (Å²) >= 11 is 0. The van der Waals surface area contributed by atoms with E-state index in [0.29, 0.717) is 23.6 Å². The monoisotopic (exact) mass is 413 g/mol. The normalized spacial score (nSPS) is 24.1. The Bertz CT molecular complexity index is 774. The molecular formula is C20H26Cl2FN3O. The van der Waals surface area contributed by atoms with E-state index < -0.39 is 0 Å². The molecule has 0 saturated carbocycles. The summed E-state index contributed by atoms with van der Waals surface area (Å²) in [5.74, 6) is 2.72. The molecule has 2 aliphatic rings. The van der Waals surface area contributed by atoms with Gasteiger partial charge < -0.3 is 9.64 Å². The van der Waals surface area contributed by atoms with Crippen LogP contribution in [0.3, 0.4) is 0 Å². The first-order chi connectivity index (χ1) is 12.1. The van der Waals surface area contributed by atoms with Gasteiger partial charge in [-0.25, -0.2) is 9.37 Å². The second-order valence-corrected chi connectivity index (χ2v) is 7.22. The first-order valence-corrected chi connectivity index (χ1v) is 8.79. The molecule has 0 bridgehead atoms. The smallest absolute Gasteiger partial charge is 0.144 e. The van der Waals surface area contributed by atoms with Crippen LogP contribution >= 0.6 is 24.8 Å². The Morgan fingerprint density at radius 1 is 1.04 bits per heavy atom. The van der Waals surface area contributed by atoms with Crippen molar-refractivity contribution in [1.29, 1.82) is 0 Å². The number of nitrogens with zero attached hydrogens (tertiary/aromatic N) is 3. The Labute approximate surface area is 172 Å². The van der Waals surface area contributed by atoms with Gasteiger partial charge in [-0.3, -0.25) is 4.90 Å². The fraction of sp³-hybridized carbons (Fsp3) is 0.450. The number of hydrogen-bond acceptors (Lipinski definition) is 4. The number of hydrogen-bond donors (Lipinski definition) is 0. The number of pyridine rings is 1. The maximum absolute atomic E-state index is 13.5. The summed E-state index contributed by atoms with van der Waals surface area (Å²) < 4.78 is 18.8. The van der Waals surface area contributed by atoms with E-state index >= 15 is 0 Å². The molecule has 2 saturated heterocycles. The lowest BCUT2D eigenvalue weighted by molar-refractivity contribution is 0.279. The van der Waals surface area contributed by atoms with E-state index in [1.807, 2.05) is 12.1 Å². The van der Waals surface area contributed by atoms with Crippen molar-refractivity contribution >= 4 is 30.6 Å². The Morgan fingerprint density at radius 2 is 1.74 bits per heavy atom. The van der Waals surface area contributed by atoms with Crippen molar-refractivity contribution in [1.82, 2.24) is 9.88 Å². The second kappa shape index (κ2) is 8.63. The van der Waals surface area contributed by atoms with E-state index in [1.165, 1.54) is 11.6 Å². The van der Waals surface area contributed by atoms with E-state index in [4.69, 9.17) is 4.74 Å². The summed E-state index contributed by atoms with van der Waals surface area (Å²) in [7, 11) is 3.90. The van der Waals surface area contributed by atoms with Crippen molar-refractivity contribution in [3.05, 3.63) is 53.5 Å². The third-order valence-electron chi connectivity index (χ3n) is 5.68. The number of fused-ring (bicyclic) bond motifs is 1. The summed E-state index contributed by atoms with van der Waals surface area (Å²) in [4.78, 5) is 9.21.